The normalized spacial score (nSPS) is 17.9. The summed E-state index contributed by atoms with van der Waals surface area (Å²) in [5, 5.41) is 32.1. The number of nitrogens with zero attached hydrogens (tertiary/aromatic N) is 3. The Hall–Kier alpha value is -3.55. The Bertz CT molecular complexity index is 1030. The van der Waals surface area contributed by atoms with E-state index in [1.165, 1.54) is 18.6 Å². The van der Waals surface area contributed by atoms with Gasteiger partial charge in [-0.25, -0.2) is 14.6 Å². The van der Waals surface area contributed by atoms with E-state index in [-0.39, 0.29) is 18.3 Å². The van der Waals surface area contributed by atoms with Crippen LogP contribution in [0.2, 0.25) is 0 Å². The van der Waals surface area contributed by atoms with Crippen molar-refractivity contribution in [2.75, 3.05) is 11.4 Å². The highest BCUT2D eigenvalue weighted by Gasteiger charge is 2.50. The molecule has 0 unspecified atom stereocenters. The molecule has 1 aromatic carbocycles. The van der Waals surface area contributed by atoms with Gasteiger partial charge in [-0.3, -0.25) is 14.7 Å². The summed E-state index contributed by atoms with van der Waals surface area (Å²) in [5.41, 5.74) is 0.896. The first kappa shape index (κ1) is 27.0. The summed E-state index contributed by atoms with van der Waals surface area (Å²) < 4.78 is 10.7. The van der Waals surface area contributed by atoms with Crippen molar-refractivity contribution < 1.29 is 39.0 Å². The first-order valence-corrected chi connectivity index (χ1v) is 11.5. The molecule has 1 aromatic heterocycles. The highest BCUT2D eigenvalue weighted by molar-refractivity contribution is 6.51. The van der Waals surface area contributed by atoms with E-state index in [9.17, 15) is 24.6 Å². The highest BCUT2D eigenvalue weighted by Crippen LogP contribution is 2.21. The van der Waals surface area contributed by atoms with Crippen LogP contribution < -0.4 is 10.2 Å². The van der Waals surface area contributed by atoms with Crippen molar-refractivity contribution in [2.24, 2.45) is 5.92 Å². The molecule has 4 atom stereocenters. The van der Waals surface area contributed by atoms with Gasteiger partial charge in [0.1, 0.15) is 0 Å². The zero-order chi connectivity index (χ0) is 26.2. The Labute approximate surface area is 208 Å². The first-order chi connectivity index (χ1) is 17.2. The molecule has 1 fully saturated rings. The number of benzene rings is 1. The van der Waals surface area contributed by atoms with Crippen LogP contribution in [0.4, 0.5) is 10.6 Å². The zero-order valence-electron chi connectivity index (χ0n) is 19.9. The SMILES string of the molecule is CC(C)C[C@H](NC[C@@H](Cc1ccccc1)N(C(=O)O)c1cnccn1)B1OC(=O)[C@H]([C@H](O)C(=O)O)O1. The van der Waals surface area contributed by atoms with Crippen LogP contribution >= 0.6 is 0 Å². The van der Waals surface area contributed by atoms with Crippen molar-refractivity contribution >= 4 is 31.0 Å². The number of rotatable bonds is 12. The summed E-state index contributed by atoms with van der Waals surface area (Å²) in [6, 6.07) is 8.71. The molecule has 13 heteroatoms. The lowest BCUT2D eigenvalue weighted by molar-refractivity contribution is -0.157. The van der Waals surface area contributed by atoms with E-state index in [4.69, 9.17) is 14.4 Å². The maximum Gasteiger partial charge on any atom is 0.546 e. The largest absolute Gasteiger partial charge is 0.546 e. The van der Waals surface area contributed by atoms with Gasteiger partial charge in [0.05, 0.1) is 18.2 Å². The van der Waals surface area contributed by atoms with E-state index in [1.54, 1.807) is 0 Å². The summed E-state index contributed by atoms with van der Waals surface area (Å²) in [4.78, 5) is 44.9. The number of aliphatic hydroxyl groups excluding tert-OH is 1. The average Bonchev–Trinajstić information content (AvgIpc) is 3.23. The van der Waals surface area contributed by atoms with Gasteiger partial charge in [-0.2, -0.15) is 0 Å². The lowest BCUT2D eigenvalue weighted by Crippen LogP contribution is -2.53. The van der Waals surface area contributed by atoms with E-state index < -0.39 is 49.3 Å². The molecular formula is C23H29BN4O8. The van der Waals surface area contributed by atoms with E-state index in [0.29, 0.717) is 12.8 Å². The summed E-state index contributed by atoms with van der Waals surface area (Å²) >= 11 is 0. The zero-order valence-corrected chi connectivity index (χ0v) is 19.9. The molecular weight excluding hydrogens is 471 g/mol. The van der Waals surface area contributed by atoms with Crippen molar-refractivity contribution in [3.63, 3.8) is 0 Å². The molecule has 4 N–H and O–H groups in total. The van der Waals surface area contributed by atoms with Gasteiger partial charge in [-0.05, 0) is 24.3 Å². The van der Waals surface area contributed by atoms with Crippen LogP contribution in [0.25, 0.3) is 0 Å². The predicted octanol–water partition coefficient (Wildman–Crippen LogP) is 0.992. The minimum Gasteiger partial charge on any atom is -0.507 e. The summed E-state index contributed by atoms with van der Waals surface area (Å²) in [5.74, 6) is -2.90. The topological polar surface area (TPSA) is 171 Å². The van der Waals surface area contributed by atoms with Gasteiger partial charge in [0.25, 0.3) is 0 Å². The minimum absolute atomic E-state index is 0.122. The van der Waals surface area contributed by atoms with Gasteiger partial charge in [-0.15, -0.1) is 0 Å². The smallest absolute Gasteiger partial charge is 0.507 e. The van der Waals surface area contributed by atoms with Crippen LogP contribution in [0, 0.1) is 5.92 Å². The van der Waals surface area contributed by atoms with Crippen LogP contribution in [0.1, 0.15) is 25.8 Å². The number of carbonyl (C=O) groups is 3. The Morgan fingerprint density at radius 3 is 2.50 bits per heavy atom. The molecule has 1 saturated heterocycles. The lowest BCUT2D eigenvalue weighted by Gasteiger charge is -2.31. The number of hydrogen-bond donors (Lipinski definition) is 4. The van der Waals surface area contributed by atoms with Gasteiger partial charge in [0, 0.05) is 18.9 Å². The Morgan fingerprint density at radius 2 is 1.92 bits per heavy atom. The summed E-state index contributed by atoms with van der Waals surface area (Å²) in [7, 11) is -1.16. The Kier molecular flexibility index (Phi) is 9.34. The van der Waals surface area contributed by atoms with Crippen molar-refractivity contribution in [1.82, 2.24) is 15.3 Å². The van der Waals surface area contributed by atoms with E-state index in [1.807, 2.05) is 44.2 Å². The number of aliphatic hydroxyl groups is 1. The number of aliphatic carboxylic acids is 1. The van der Waals surface area contributed by atoms with E-state index in [0.717, 1.165) is 10.5 Å². The van der Waals surface area contributed by atoms with Crippen LogP contribution in [-0.4, -0.2) is 81.2 Å². The fraction of sp³-hybridized carbons (Fsp3) is 0.435. The number of carboxylic acids is 1. The number of aromatic nitrogens is 2. The van der Waals surface area contributed by atoms with Gasteiger partial charge >= 0.3 is 25.2 Å². The quantitative estimate of drug-likeness (QED) is 0.306. The van der Waals surface area contributed by atoms with Crippen molar-refractivity contribution in [3.05, 3.63) is 54.5 Å². The molecule has 0 radical (unpaired) electrons. The molecule has 0 spiro atoms. The van der Waals surface area contributed by atoms with Crippen LogP contribution in [0.3, 0.4) is 0 Å². The average molecular weight is 500 g/mol. The molecule has 2 heterocycles. The number of anilines is 1. The van der Waals surface area contributed by atoms with Crippen LogP contribution in [0.15, 0.2) is 48.9 Å². The molecule has 1 aliphatic heterocycles. The predicted molar refractivity (Wildman–Crippen MR) is 128 cm³/mol. The summed E-state index contributed by atoms with van der Waals surface area (Å²) in [6.45, 7) is 4.01. The molecule has 0 saturated carbocycles. The molecule has 36 heavy (non-hydrogen) atoms. The third-order valence-electron chi connectivity index (χ3n) is 5.64. The van der Waals surface area contributed by atoms with Gasteiger partial charge in [0.15, 0.2) is 18.0 Å². The lowest BCUT2D eigenvalue weighted by atomic mass is 9.74. The number of nitrogens with one attached hydrogen (secondary N) is 1. The molecule has 12 nitrogen and oxygen atoms in total. The Balaban J connectivity index is 1.83. The molecule has 3 rings (SSSR count). The third-order valence-corrected chi connectivity index (χ3v) is 5.64. The minimum atomic E-state index is -2.06. The van der Waals surface area contributed by atoms with Crippen molar-refractivity contribution in [2.45, 2.75) is 50.9 Å². The van der Waals surface area contributed by atoms with Gasteiger partial charge < -0.3 is 29.9 Å². The number of hydrogen-bond acceptors (Lipinski definition) is 9. The second-order valence-corrected chi connectivity index (χ2v) is 8.85. The highest BCUT2D eigenvalue weighted by atomic mass is 16.7. The summed E-state index contributed by atoms with van der Waals surface area (Å²) in [6.07, 6.45) is 0.0800. The Morgan fingerprint density at radius 1 is 1.19 bits per heavy atom. The standard InChI is InChI=1S/C23H29BN4O8/c1-14(2)10-17(24-35-20(22(32)36-24)19(29)21(30)31)27-12-16(11-15-6-4-3-5-7-15)28(23(33)34)18-13-25-8-9-26-18/h3-9,13-14,16-17,19-20,27,29H,10-12H2,1-2H3,(H,30,31)(H,33,34)/t16-,17+,19+,20+/m1/s1. The number of carboxylic acid groups (broad SMARTS) is 2. The fourth-order valence-electron chi connectivity index (χ4n) is 4.00. The van der Waals surface area contributed by atoms with Gasteiger partial charge in [-0.1, -0.05) is 44.2 Å². The molecule has 192 valence electrons. The van der Waals surface area contributed by atoms with Crippen molar-refractivity contribution in [1.29, 1.82) is 0 Å². The number of carbonyl (C=O) groups excluding carboxylic acids is 1. The molecule has 1 amide bonds. The van der Waals surface area contributed by atoms with Crippen molar-refractivity contribution in [3.8, 4) is 0 Å². The maximum absolute atomic E-state index is 12.3. The second-order valence-electron chi connectivity index (χ2n) is 8.85. The third kappa shape index (κ3) is 7.00. The molecule has 2 aromatic rings. The first-order valence-electron chi connectivity index (χ1n) is 11.5. The fourth-order valence-corrected chi connectivity index (χ4v) is 4.00. The second kappa shape index (κ2) is 12.4. The molecule has 1 aliphatic rings. The van der Waals surface area contributed by atoms with E-state index in [2.05, 4.69) is 15.3 Å². The number of amides is 1. The maximum atomic E-state index is 12.3. The molecule has 0 bridgehead atoms. The monoisotopic (exact) mass is 500 g/mol. The van der Waals surface area contributed by atoms with Gasteiger partial charge in [0.2, 0.25) is 0 Å². The van der Waals surface area contributed by atoms with Crippen LogP contribution in [-0.2, 0) is 25.3 Å². The van der Waals surface area contributed by atoms with E-state index >= 15 is 0 Å². The molecule has 0 aliphatic carbocycles. The van der Waals surface area contributed by atoms with Crippen LogP contribution in [0.5, 0.6) is 0 Å².